The zero-order valence-electron chi connectivity index (χ0n) is 9.78. The molecule has 2 N–H and O–H groups in total. The molecule has 0 aliphatic rings. The van der Waals surface area contributed by atoms with Gasteiger partial charge in [-0.3, -0.25) is 0 Å². The van der Waals surface area contributed by atoms with Crippen LogP contribution in [0.15, 0.2) is 6.20 Å². The van der Waals surface area contributed by atoms with Gasteiger partial charge >= 0.3 is 12.1 Å². The highest BCUT2D eigenvalue weighted by Crippen LogP contribution is 2.35. The van der Waals surface area contributed by atoms with E-state index in [1.807, 2.05) is 13.8 Å². The highest BCUT2D eigenvalue weighted by atomic mass is 32.1. The number of hydrogen-bond acceptors (Lipinski definition) is 4. The van der Waals surface area contributed by atoms with E-state index >= 15 is 0 Å². The summed E-state index contributed by atoms with van der Waals surface area (Å²) in [6.07, 6.45) is -3.44. The van der Waals surface area contributed by atoms with Crippen LogP contribution in [-0.2, 0) is 11.0 Å². The molecule has 0 fully saturated rings. The van der Waals surface area contributed by atoms with Gasteiger partial charge in [-0.1, -0.05) is 25.2 Å². The molecule has 1 heterocycles. The van der Waals surface area contributed by atoms with Crippen LogP contribution in [0.2, 0.25) is 0 Å². The predicted molar refractivity (Wildman–Crippen MR) is 61.6 cm³/mol. The third kappa shape index (κ3) is 4.17. The lowest BCUT2D eigenvalue weighted by molar-refractivity contribution is -0.138. The smallest absolute Gasteiger partial charge is 0.427 e. The topological polar surface area (TPSA) is 62.2 Å². The molecular formula is C10H13F3N2O2S. The van der Waals surface area contributed by atoms with Gasteiger partial charge < -0.3 is 10.4 Å². The summed E-state index contributed by atoms with van der Waals surface area (Å²) in [4.78, 5) is 13.6. The Morgan fingerprint density at radius 3 is 2.56 bits per heavy atom. The van der Waals surface area contributed by atoms with Crippen LogP contribution in [0.1, 0.15) is 25.1 Å². The Hall–Kier alpha value is -1.31. The standard InChI is InChI=1S/C10H13F3N2O2S/c1-5(2)3-6(8(16)17)15-9-14-4-7(18-9)10(11,12)13/h4-6H,3H2,1-2H3,(H,14,15)(H,16,17)/t6-/m1/s1. The number of anilines is 1. The number of carboxylic acid groups (broad SMARTS) is 1. The van der Waals surface area contributed by atoms with Crippen molar-refractivity contribution in [1.29, 1.82) is 0 Å². The summed E-state index contributed by atoms with van der Waals surface area (Å²) in [5.74, 6) is -0.992. The van der Waals surface area contributed by atoms with Gasteiger partial charge in [0.05, 0.1) is 6.20 Å². The molecule has 0 saturated heterocycles. The van der Waals surface area contributed by atoms with Crippen molar-refractivity contribution in [1.82, 2.24) is 4.98 Å². The van der Waals surface area contributed by atoms with E-state index in [0.29, 0.717) is 24.0 Å². The van der Waals surface area contributed by atoms with Crippen LogP contribution in [-0.4, -0.2) is 22.1 Å². The molecule has 1 atom stereocenters. The van der Waals surface area contributed by atoms with Gasteiger partial charge in [0, 0.05) is 0 Å². The number of carbonyl (C=O) groups is 1. The highest BCUT2D eigenvalue weighted by Gasteiger charge is 2.33. The Labute approximate surface area is 106 Å². The monoisotopic (exact) mass is 282 g/mol. The van der Waals surface area contributed by atoms with E-state index in [9.17, 15) is 18.0 Å². The number of nitrogens with one attached hydrogen (secondary N) is 1. The molecule has 0 bridgehead atoms. The van der Waals surface area contributed by atoms with E-state index in [4.69, 9.17) is 5.11 Å². The number of halogens is 3. The van der Waals surface area contributed by atoms with E-state index in [1.54, 1.807) is 0 Å². The van der Waals surface area contributed by atoms with Crippen molar-refractivity contribution in [3.8, 4) is 0 Å². The molecule has 1 aromatic rings. The molecule has 102 valence electrons. The summed E-state index contributed by atoms with van der Waals surface area (Å²) in [5, 5.41) is 11.4. The Balaban J connectivity index is 2.76. The first-order chi connectivity index (χ1) is 8.20. The molecule has 18 heavy (non-hydrogen) atoms. The van der Waals surface area contributed by atoms with Crippen molar-refractivity contribution in [3.05, 3.63) is 11.1 Å². The summed E-state index contributed by atoms with van der Waals surface area (Å²) < 4.78 is 37.0. The number of hydrogen-bond donors (Lipinski definition) is 2. The van der Waals surface area contributed by atoms with Crippen molar-refractivity contribution in [2.75, 3.05) is 5.32 Å². The summed E-state index contributed by atoms with van der Waals surface area (Å²) in [6, 6.07) is -0.933. The molecule has 4 nitrogen and oxygen atoms in total. The Bertz CT molecular complexity index is 418. The van der Waals surface area contributed by atoms with Crippen LogP contribution < -0.4 is 5.32 Å². The molecule has 0 unspecified atom stereocenters. The second-order valence-corrected chi connectivity index (χ2v) is 5.22. The second kappa shape index (κ2) is 5.55. The van der Waals surface area contributed by atoms with Gasteiger partial charge in [-0.05, 0) is 12.3 Å². The molecule has 0 aliphatic heterocycles. The lowest BCUT2D eigenvalue weighted by atomic mass is 10.0. The van der Waals surface area contributed by atoms with Gasteiger partial charge in [0.2, 0.25) is 0 Å². The van der Waals surface area contributed by atoms with Crippen molar-refractivity contribution in [2.24, 2.45) is 5.92 Å². The molecule has 0 aliphatic carbocycles. The van der Waals surface area contributed by atoms with Gasteiger partial charge in [-0.15, -0.1) is 0 Å². The maximum Gasteiger partial charge on any atom is 0.427 e. The number of alkyl halides is 3. The van der Waals surface area contributed by atoms with Gasteiger partial charge in [-0.2, -0.15) is 13.2 Å². The van der Waals surface area contributed by atoms with E-state index in [2.05, 4.69) is 10.3 Å². The van der Waals surface area contributed by atoms with Crippen molar-refractivity contribution in [3.63, 3.8) is 0 Å². The molecule has 8 heteroatoms. The molecule has 0 radical (unpaired) electrons. The van der Waals surface area contributed by atoms with Crippen LogP contribution in [0, 0.1) is 5.92 Å². The predicted octanol–water partition coefficient (Wildman–Crippen LogP) is 3.07. The first-order valence-corrected chi connectivity index (χ1v) is 6.04. The normalized spacial score (nSPS) is 13.7. The second-order valence-electron chi connectivity index (χ2n) is 4.19. The number of aliphatic carboxylic acids is 1. The fourth-order valence-corrected chi connectivity index (χ4v) is 2.05. The van der Waals surface area contributed by atoms with Crippen molar-refractivity contribution in [2.45, 2.75) is 32.5 Å². The maximum absolute atomic E-state index is 12.3. The average Bonchev–Trinajstić information content (AvgIpc) is 2.63. The minimum absolute atomic E-state index is 0.0321. The first-order valence-electron chi connectivity index (χ1n) is 5.22. The van der Waals surface area contributed by atoms with Gasteiger partial charge in [0.1, 0.15) is 10.9 Å². The van der Waals surface area contributed by atoms with Gasteiger partial charge in [0.15, 0.2) is 5.13 Å². The summed E-state index contributed by atoms with van der Waals surface area (Å²) in [5.41, 5.74) is 0. The largest absolute Gasteiger partial charge is 0.480 e. The first kappa shape index (κ1) is 14.7. The minimum atomic E-state index is -4.45. The number of rotatable bonds is 5. The van der Waals surface area contributed by atoms with Crippen LogP contribution in [0.5, 0.6) is 0 Å². The Morgan fingerprint density at radius 1 is 1.56 bits per heavy atom. The summed E-state index contributed by atoms with van der Waals surface area (Å²) >= 11 is 0.402. The van der Waals surface area contributed by atoms with E-state index < -0.39 is 23.1 Å². The fourth-order valence-electron chi connectivity index (χ4n) is 1.31. The highest BCUT2D eigenvalue weighted by molar-refractivity contribution is 7.15. The SMILES string of the molecule is CC(C)C[C@@H](Nc1ncc(C(F)(F)F)s1)C(=O)O. The number of nitrogens with zero attached hydrogens (tertiary/aromatic N) is 1. The van der Waals surface area contributed by atoms with Crippen LogP contribution in [0.3, 0.4) is 0 Å². The minimum Gasteiger partial charge on any atom is -0.480 e. The zero-order chi connectivity index (χ0) is 13.9. The van der Waals surface area contributed by atoms with Crippen molar-refractivity contribution < 1.29 is 23.1 Å². The molecule has 0 saturated carbocycles. The maximum atomic E-state index is 12.3. The number of aromatic nitrogens is 1. The van der Waals surface area contributed by atoms with Gasteiger partial charge in [0.25, 0.3) is 0 Å². The Morgan fingerprint density at radius 2 is 2.17 bits per heavy atom. The van der Waals surface area contributed by atoms with Crippen LogP contribution in [0.25, 0.3) is 0 Å². The lowest BCUT2D eigenvalue weighted by Gasteiger charge is -2.15. The fraction of sp³-hybridized carbons (Fsp3) is 0.600. The molecule has 0 spiro atoms. The average molecular weight is 282 g/mol. The molecular weight excluding hydrogens is 269 g/mol. The third-order valence-corrected chi connectivity index (χ3v) is 3.06. The van der Waals surface area contributed by atoms with Crippen molar-refractivity contribution >= 4 is 22.4 Å². The lowest BCUT2D eigenvalue weighted by Crippen LogP contribution is -2.30. The Kier molecular flexibility index (Phi) is 4.55. The third-order valence-electron chi connectivity index (χ3n) is 2.09. The zero-order valence-corrected chi connectivity index (χ0v) is 10.6. The molecule has 0 amide bonds. The summed E-state index contributed by atoms with van der Waals surface area (Å²) in [7, 11) is 0. The summed E-state index contributed by atoms with van der Waals surface area (Å²) in [6.45, 7) is 3.67. The quantitative estimate of drug-likeness (QED) is 0.871. The molecule has 1 aromatic heterocycles. The molecule has 1 rings (SSSR count). The van der Waals surface area contributed by atoms with Crippen LogP contribution >= 0.6 is 11.3 Å². The number of carboxylic acids is 1. The van der Waals surface area contributed by atoms with Crippen LogP contribution in [0.4, 0.5) is 18.3 Å². The van der Waals surface area contributed by atoms with E-state index in [0.717, 1.165) is 0 Å². The number of thiazole rings is 1. The van der Waals surface area contributed by atoms with Gasteiger partial charge in [-0.25, -0.2) is 9.78 Å². The molecule has 0 aromatic carbocycles. The van der Waals surface area contributed by atoms with E-state index in [-0.39, 0.29) is 11.0 Å². The van der Waals surface area contributed by atoms with E-state index in [1.165, 1.54) is 0 Å².